The molecule has 0 spiro atoms. The topological polar surface area (TPSA) is 0 Å². The minimum absolute atomic E-state index is 0.444. The van der Waals surface area contributed by atoms with Gasteiger partial charge in [0.15, 0.2) is 0 Å². The lowest BCUT2D eigenvalue weighted by Crippen LogP contribution is -2.01. The predicted molar refractivity (Wildman–Crippen MR) is 93.9 cm³/mol. The van der Waals surface area contributed by atoms with Crippen LogP contribution in [-0.4, -0.2) is 0 Å². The maximum absolute atomic E-state index is 4.03. The quantitative estimate of drug-likeness (QED) is 0.303. The number of allylic oxidation sites excluding steroid dienone is 9. The van der Waals surface area contributed by atoms with E-state index in [0.717, 1.165) is 19.3 Å². The molecule has 0 aromatic heterocycles. The van der Waals surface area contributed by atoms with Crippen molar-refractivity contribution in [1.29, 1.82) is 0 Å². The van der Waals surface area contributed by atoms with Crippen molar-refractivity contribution in [2.24, 2.45) is 5.92 Å². The molecule has 20 heavy (non-hydrogen) atoms. The van der Waals surface area contributed by atoms with Crippen molar-refractivity contribution in [3.05, 3.63) is 60.3 Å². The molecule has 0 fully saturated rings. The Labute approximate surface area is 126 Å². The van der Waals surface area contributed by atoms with E-state index in [1.165, 1.54) is 24.0 Å². The van der Waals surface area contributed by atoms with Gasteiger partial charge in [0, 0.05) is 5.92 Å². The zero-order valence-corrected chi connectivity index (χ0v) is 13.9. The highest BCUT2D eigenvalue weighted by atomic mass is 14.1. The third kappa shape index (κ3) is 7.33. The van der Waals surface area contributed by atoms with Crippen molar-refractivity contribution in [3.63, 3.8) is 0 Å². The highest BCUT2D eigenvalue weighted by Gasteiger charge is 2.10. The van der Waals surface area contributed by atoms with E-state index in [1.807, 2.05) is 0 Å². The Morgan fingerprint density at radius 1 is 1.00 bits per heavy atom. The lowest BCUT2D eigenvalue weighted by molar-refractivity contribution is 0.668. The molecule has 0 amide bonds. The molecule has 0 aromatic rings. The second-order valence-corrected chi connectivity index (χ2v) is 5.04. The Morgan fingerprint density at radius 2 is 1.70 bits per heavy atom. The molecule has 0 aromatic carbocycles. The lowest BCUT2D eigenvalue weighted by atomic mass is 9.89. The van der Waals surface area contributed by atoms with Gasteiger partial charge >= 0.3 is 0 Å². The summed E-state index contributed by atoms with van der Waals surface area (Å²) in [6, 6.07) is 0. The Bertz CT molecular complexity index is 363. The molecule has 0 saturated heterocycles. The van der Waals surface area contributed by atoms with Gasteiger partial charge in [0.1, 0.15) is 0 Å². The fourth-order valence-electron chi connectivity index (χ4n) is 2.19. The largest absolute Gasteiger partial charge is 0.102 e. The molecule has 0 heterocycles. The van der Waals surface area contributed by atoms with Gasteiger partial charge in [-0.3, -0.25) is 0 Å². The van der Waals surface area contributed by atoms with Crippen molar-refractivity contribution in [2.45, 2.75) is 59.8 Å². The van der Waals surface area contributed by atoms with Gasteiger partial charge in [-0.25, -0.2) is 0 Å². The highest BCUT2D eigenvalue weighted by molar-refractivity contribution is 5.43. The lowest BCUT2D eigenvalue weighted by Gasteiger charge is -2.16. The fraction of sp³-hybridized carbons (Fsp3) is 0.500. The standard InChI is InChI=1S/C20H32/c1-6-11-13-17-19(16-12-7-2)20(15-9-4)18(10-5)14-8-3/h9-10,12-13,15-18H,5-8,11,14H2,1-4H3. The zero-order valence-electron chi connectivity index (χ0n) is 13.9. The minimum Gasteiger partial charge on any atom is -0.102 e. The molecule has 0 N–H and O–H groups in total. The third-order valence-electron chi connectivity index (χ3n) is 3.25. The molecule has 0 aliphatic rings. The molecule has 0 rings (SSSR count). The second kappa shape index (κ2) is 12.7. The van der Waals surface area contributed by atoms with Crippen LogP contribution in [0.4, 0.5) is 0 Å². The monoisotopic (exact) mass is 272 g/mol. The molecule has 1 atom stereocenters. The molecular formula is C20H32. The van der Waals surface area contributed by atoms with E-state index < -0.39 is 0 Å². The first-order valence-corrected chi connectivity index (χ1v) is 8.07. The van der Waals surface area contributed by atoms with Crippen molar-refractivity contribution in [3.8, 4) is 0 Å². The molecule has 112 valence electrons. The van der Waals surface area contributed by atoms with Crippen LogP contribution in [0.3, 0.4) is 0 Å². The average Bonchev–Trinajstić information content (AvgIpc) is 2.46. The van der Waals surface area contributed by atoms with Crippen LogP contribution < -0.4 is 0 Å². The van der Waals surface area contributed by atoms with E-state index in [-0.39, 0.29) is 0 Å². The van der Waals surface area contributed by atoms with E-state index in [9.17, 15) is 0 Å². The Morgan fingerprint density at radius 3 is 2.20 bits per heavy atom. The van der Waals surface area contributed by atoms with Crippen LogP contribution >= 0.6 is 0 Å². The highest BCUT2D eigenvalue weighted by Crippen LogP contribution is 2.25. The first-order chi connectivity index (χ1) is 9.74. The van der Waals surface area contributed by atoms with Gasteiger partial charge in [-0.1, -0.05) is 76.1 Å². The third-order valence-corrected chi connectivity index (χ3v) is 3.25. The van der Waals surface area contributed by atoms with Crippen LogP contribution in [0.1, 0.15) is 59.8 Å². The molecular weight excluding hydrogens is 240 g/mol. The smallest absolute Gasteiger partial charge is 0.00210 e. The van der Waals surface area contributed by atoms with Crippen LogP contribution in [0.15, 0.2) is 60.3 Å². The molecule has 1 unspecified atom stereocenters. The first-order valence-electron chi connectivity index (χ1n) is 8.07. The molecule has 0 bridgehead atoms. The molecule has 0 heteroatoms. The van der Waals surface area contributed by atoms with Gasteiger partial charge in [-0.2, -0.15) is 0 Å². The van der Waals surface area contributed by atoms with E-state index >= 15 is 0 Å². The fourth-order valence-corrected chi connectivity index (χ4v) is 2.19. The van der Waals surface area contributed by atoms with Crippen molar-refractivity contribution < 1.29 is 0 Å². The van der Waals surface area contributed by atoms with Crippen LogP contribution in [-0.2, 0) is 0 Å². The van der Waals surface area contributed by atoms with Gasteiger partial charge in [0.25, 0.3) is 0 Å². The number of rotatable bonds is 10. The van der Waals surface area contributed by atoms with Gasteiger partial charge < -0.3 is 0 Å². The second-order valence-electron chi connectivity index (χ2n) is 5.04. The van der Waals surface area contributed by atoms with Crippen molar-refractivity contribution in [1.82, 2.24) is 0 Å². The Hall–Kier alpha value is -1.30. The maximum Gasteiger partial charge on any atom is 0.00210 e. The predicted octanol–water partition coefficient (Wildman–Crippen LogP) is 6.78. The number of unbranched alkanes of at least 4 members (excludes halogenated alkanes) is 1. The van der Waals surface area contributed by atoms with Crippen molar-refractivity contribution in [2.75, 3.05) is 0 Å². The summed E-state index contributed by atoms with van der Waals surface area (Å²) in [5, 5.41) is 0. The first kappa shape index (κ1) is 18.7. The number of hydrogen-bond acceptors (Lipinski definition) is 0. The average molecular weight is 272 g/mol. The van der Waals surface area contributed by atoms with Crippen molar-refractivity contribution >= 4 is 0 Å². The SMILES string of the molecule is C=CC(CCC)C(C=CC)=C(C=CCC)C=CCCC. The summed E-state index contributed by atoms with van der Waals surface area (Å²) in [6.45, 7) is 12.7. The summed E-state index contributed by atoms with van der Waals surface area (Å²) in [5.74, 6) is 0.444. The summed E-state index contributed by atoms with van der Waals surface area (Å²) in [6.07, 6.45) is 21.3. The molecule has 0 nitrogen and oxygen atoms in total. The van der Waals surface area contributed by atoms with E-state index in [2.05, 4.69) is 76.8 Å². The van der Waals surface area contributed by atoms with Gasteiger partial charge in [0.05, 0.1) is 0 Å². The summed E-state index contributed by atoms with van der Waals surface area (Å²) in [4.78, 5) is 0. The molecule has 0 radical (unpaired) electrons. The maximum atomic E-state index is 4.03. The van der Waals surface area contributed by atoms with Gasteiger partial charge in [-0.05, 0) is 37.3 Å². The van der Waals surface area contributed by atoms with Gasteiger partial charge in [-0.15, -0.1) is 6.58 Å². The minimum atomic E-state index is 0.444. The van der Waals surface area contributed by atoms with Crippen LogP contribution in [0.25, 0.3) is 0 Å². The van der Waals surface area contributed by atoms with Crippen LogP contribution in [0.2, 0.25) is 0 Å². The Kier molecular flexibility index (Phi) is 11.9. The van der Waals surface area contributed by atoms with E-state index in [1.54, 1.807) is 0 Å². The molecule has 0 aliphatic carbocycles. The summed E-state index contributed by atoms with van der Waals surface area (Å²) in [7, 11) is 0. The summed E-state index contributed by atoms with van der Waals surface area (Å²) in [5.41, 5.74) is 2.72. The normalized spacial score (nSPS) is 15.2. The summed E-state index contributed by atoms with van der Waals surface area (Å²) >= 11 is 0. The summed E-state index contributed by atoms with van der Waals surface area (Å²) < 4.78 is 0. The van der Waals surface area contributed by atoms with Gasteiger partial charge in [0.2, 0.25) is 0 Å². The van der Waals surface area contributed by atoms with E-state index in [0.29, 0.717) is 5.92 Å². The van der Waals surface area contributed by atoms with Crippen LogP contribution in [0.5, 0.6) is 0 Å². The van der Waals surface area contributed by atoms with Crippen LogP contribution in [0, 0.1) is 5.92 Å². The molecule has 0 aliphatic heterocycles. The number of hydrogen-bond donors (Lipinski definition) is 0. The Balaban J connectivity index is 5.58. The zero-order chi connectivity index (χ0) is 15.2. The molecule has 0 saturated carbocycles. The van der Waals surface area contributed by atoms with E-state index in [4.69, 9.17) is 0 Å².